The van der Waals surface area contributed by atoms with Gasteiger partial charge in [0.25, 0.3) is 6.43 Å². The lowest BCUT2D eigenvalue weighted by atomic mass is 10.1. The van der Waals surface area contributed by atoms with Crippen molar-refractivity contribution in [3.63, 3.8) is 0 Å². The molecule has 0 aliphatic heterocycles. The molecule has 2 rings (SSSR count). The number of rotatable bonds is 8. The molecule has 1 aliphatic rings. The van der Waals surface area contributed by atoms with Gasteiger partial charge in [-0.3, -0.25) is 4.79 Å². The van der Waals surface area contributed by atoms with E-state index < -0.39 is 13.0 Å². The van der Waals surface area contributed by atoms with E-state index in [4.69, 9.17) is 4.74 Å². The molecular weight excluding hydrogens is 254 g/mol. The lowest BCUT2D eigenvalue weighted by Crippen LogP contribution is -2.09. The molecule has 1 aromatic carbocycles. The first-order chi connectivity index (χ1) is 9.15. The van der Waals surface area contributed by atoms with Gasteiger partial charge >= 0.3 is 0 Å². The summed E-state index contributed by atoms with van der Waals surface area (Å²) >= 11 is 0. The van der Waals surface area contributed by atoms with Crippen LogP contribution in [0.5, 0.6) is 5.75 Å². The average Bonchev–Trinajstić information content (AvgIpc) is 3.19. The lowest BCUT2D eigenvalue weighted by molar-refractivity contribution is 0.0170. The molecule has 0 spiro atoms. The Hall–Kier alpha value is -1.49. The van der Waals surface area contributed by atoms with Gasteiger partial charge in [-0.1, -0.05) is 0 Å². The number of benzene rings is 1. The van der Waals surface area contributed by atoms with Gasteiger partial charge in [0.2, 0.25) is 0 Å². The second kappa shape index (κ2) is 6.61. The van der Waals surface area contributed by atoms with Crippen LogP contribution in [0.1, 0.15) is 29.6 Å². The minimum atomic E-state index is -2.49. The number of hydrogen-bond donors (Lipinski definition) is 0. The van der Waals surface area contributed by atoms with Crippen LogP contribution in [0.4, 0.5) is 8.78 Å². The quantitative estimate of drug-likeness (QED) is 0.538. The summed E-state index contributed by atoms with van der Waals surface area (Å²) in [6.45, 7) is -0.606. The summed E-state index contributed by atoms with van der Waals surface area (Å²) in [5, 5.41) is 0. The second-order valence-electron chi connectivity index (χ2n) is 4.48. The molecule has 1 saturated carbocycles. The molecule has 19 heavy (non-hydrogen) atoms. The SMILES string of the molecule is O=C(CCOCC(F)F)c1ccc(OC2CC2)cc1. The Bertz CT molecular complexity index is 413. The zero-order chi connectivity index (χ0) is 13.7. The number of ether oxygens (including phenoxy) is 2. The highest BCUT2D eigenvalue weighted by atomic mass is 19.3. The maximum atomic E-state index is 11.8. The van der Waals surface area contributed by atoms with Gasteiger partial charge in [-0.25, -0.2) is 8.78 Å². The largest absolute Gasteiger partial charge is 0.490 e. The van der Waals surface area contributed by atoms with Crippen molar-refractivity contribution in [3.05, 3.63) is 29.8 Å². The van der Waals surface area contributed by atoms with E-state index in [2.05, 4.69) is 4.74 Å². The van der Waals surface area contributed by atoms with Gasteiger partial charge in [-0.2, -0.15) is 0 Å². The molecule has 1 aromatic rings. The molecule has 0 saturated heterocycles. The number of alkyl halides is 2. The second-order valence-corrected chi connectivity index (χ2v) is 4.48. The van der Waals surface area contributed by atoms with E-state index in [1.807, 2.05) is 0 Å². The number of halogens is 2. The van der Waals surface area contributed by atoms with Crippen molar-refractivity contribution < 1.29 is 23.0 Å². The lowest BCUT2D eigenvalue weighted by Gasteiger charge is -2.06. The molecule has 0 radical (unpaired) electrons. The molecule has 0 unspecified atom stereocenters. The van der Waals surface area contributed by atoms with Crippen molar-refractivity contribution in [3.8, 4) is 5.75 Å². The molecule has 3 nitrogen and oxygen atoms in total. The van der Waals surface area contributed by atoms with E-state index in [9.17, 15) is 13.6 Å². The van der Waals surface area contributed by atoms with Crippen molar-refractivity contribution in [1.82, 2.24) is 0 Å². The van der Waals surface area contributed by atoms with Gasteiger partial charge in [0.05, 0.1) is 12.7 Å². The monoisotopic (exact) mass is 270 g/mol. The fourth-order valence-electron chi connectivity index (χ4n) is 1.58. The summed E-state index contributed by atoms with van der Waals surface area (Å²) in [5.41, 5.74) is 0.545. The Kier molecular flexibility index (Phi) is 4.85. The van der Waals surface area contributed by atoms with Crippen LogP contribution in [-0.2, 0) is 4.74 Å². The van der Waals surface area contributed by atoms with Crippen LogP contribution < -0.4 is 4.74 Å². The van der Waals surface area contributed by atoms with Crippen molar-refractivity contribution in [1.29, 1.82) is 0 Å². The Balaban J connectivity index is 1.75. The smallest absolute Gasteiger partial charge is 0.261 e. The van der Waals surface area contributed by atoms with Crippen LogP contribution in [0.3, 0.4) is 0 Å². The highest BCUT2D eigenvalue weighted by Crippen LogP contribution is 2.26. The van der Waals surface area contributed by atoms with Crippen LogP contribution >= 0.6 is 0 Å². The highest BCUT2D eigenvalue weighted by Gasteiger charge is 2.23. The van der Waals surface area contributed by atoms with Gasteiger partial charge in [0.1, 0.15) is 12.4 Å². The predicted molar refractivity (Wildman–Crippen MR) is 65.9 cm³/mol. The Labute approximate surface area is 110 Å². The molecule has 0 aromatic heterocycles. The minimum absolute atomic E-state index is 0.0174. The maximum Gasteiger partial charge on any atom is 0.261 e. The first-order valence-electron chi connectivity index (χ1n) is 6.31. The molecule has 0 heterocycles. The summed E-state index contributed by atoms with van der Waals surface area (Å²) < 4.78 is 33.9. The van der Waals surface area contributed by atoms with Crippen LogP contribution in [0.2, 0.25) is 0 Å². The van der Waals surface area contributed by atoms with E-state index in [0.717, 1.165) is 18.6 Å². The molecule has 1 aliphatic carbocycles. The van der Waals surface area contributed by atoms with E-state index in [1.54, 1.807) is 24.3 Å². The van der Waals surface area contributed by atoms with Crippen LogP contribution in [-0.4, -0.2) is 31.5 Å². The topological polar surface area (TPSA) is 35.5 Å². The molecule has 0 amide bonds. The van der Waals surface area contributed by atoms with E-state index in [1.165, 1.54) is 0 Å². The standard InChI is InChI=1S/C14H16F2O3/c15-14(16)9-18-8-7-13(17)10-1-3-11(4-2-10)19-12-5-6-12/h1-4,12,14H,5-9H2. The van der Waals surface area contributed by atoms with Crippen LogP contribution in [0.25, 0.3) is 0 Å². The Morgan fingerprint density at radius 1 is 1.26 bits per heavy atom. The summed E-state index contributed by atoms with van der Waals surface area (Å²) in [7, 11) is 0. The number of Topliss-reactive ketones (excluding diaryl/α,β-unsaturated/α-hetero) is 1. The van der Waals surface area contributed by atoms with Gasteiger partial charge in [0, 0.05) is 12.0 Å². The third kappa shape index (κ3) is 4.95. The molecule has 104 valence electrons. The minimum Gasteiger partial charge on any atom is -0.490 e. The molecule has 0 N–H and O–H groups in total. The number of carbonyl (C=O) groups is 1. The zero-order valence-electron chi connectivity index (χ0n) is 10.5. The van der Waals surface area contributed by atoms with Crippen LogP contribution in [0, 0.1) is 0 Å². The highest BCUT2D eigenvalue weighted by molar-refractivity contribution is 5.96. The van der Waals surface area contributed by atoms with Gasteiger partial charge in [-0.15, -0.1) is 0 Å². The molecule has 5 heteroatoms. The summed E-state index contributed by atoms with van der Waals surface area (Å²) in [6.07, 6.45) is 0.109. The van der Waals surface area contributed by atoms with E-state index >= 15 is 0 Å². The van der Waals surface area contributed by atoms with E-state index in [-0.39, 0.29) is 18.8 Å². The van der Waals surface area contributed by atoms with Gasteiger partial charge in [-0.05, 0) is 37.1 Å². The van der Waals surface area contributed by atoms with E-state index in [0.29, 0.717) is 11.7 Å². The molecule has 0 bridgehead atoms. The third-order valence-electron chi connectivity index (χ3n) is 2.72. The summed E-state index contributed by atoms with van der Waals surface area (Å²) in [6, 6.07) is 6.89. The Morgan fingerprint density at radius 3 is 2.53 bits per heavy atom. The fraction of sp³-hybridized carbons (Fsp3) is 0.500. The van der Waals surface area contributed by atoms with Crippen molar-refractivity contribution in [2.45, 2.75) is 31.8 Å². The first kappa shape index (κ1) is 13.9. The normalized spacial score (nSPS) is 14.7. The van der Waals surface area contributed by atoms with Gasteiger partial charge < -0.3 is 9.47 Å². The van der Waals surface area contributed by atoms with Crippen LogP contribution in [0.15, 0.2) is 24.3 Å². The fourth-order valence-corrected chi connectivity index (χ4v) is 1.58. The Morgan fingerprint density at radius 2 is 1.95 bits per heavy atom. The predicted octanol–water partition coefficient (Wildman–Crippen LogP) is 3.08. The third-order valence-corrected chi connectivity index (χ3v) is 2.72. The molecular formula is C14H16F2O3. The van der Waals surface area contributed by atoms with Crippen molar-refractivity contribution in [2.24, 2.45) is 0 Å². The number of ketones is 1. The summed E-state index contributed by atoms with van der Waals surface area (Å²) in [4.78, 5) is 11.7. The zero-order valence-corrected chi connectivity index (χ0v) is 10.5. The summed E-state index contributed by atoms with van der Waals surface area (Å²) in [5.74, 6) is 0.639. The first-order valence-corrected chi connectivity index (χ1v) is 6.31. The average molecular weight is 270 g/mol. The maximum absolute atomic E-state index is 11.8. The van der Waals surface area contributed by atoms with Crippen molar-refractivity contribution in [2.75, 3.05) is 13.2 Å². The number of hydrogen-bond acceptors (Lipinski definition) is 3. The molecule has 0 atom stereocenters. The van der Waals surface area contributed by atoms with Gasteiger partial charge in [0.15, 0.2) is 5.78 Å². The van der Waals surface area contributed by atoms with Crippen molar-refractivity contribution >= 4 is 5.78 Å². The molecule has 1 fully saturated rings. The number of carbonyl (C=O) groups excluding carboxylic acids is 1.